The van der Waals surface area contributed by atoms with Crippen molar-refractivity contribution in [3.05, 3.63) is 29.3 Å². The molecule has 0 aromatic heterocycles. The van der Waals surface area contributed by atoms with E-state index >= 15 is 0 Å². The number of primary amides is 1. The molecule has 0 fully saturated rings. The highest BCUT2D eigenvalue weighted by Crippen LogP contribution is 2.18. The Kier molecular flexibility index (Phi) is 3.72. The van der Waals surface area contributed by atoms with Crippen LogP contribution in [0.25, 0.3) is 0 Å². The molecule has 82 valence electrons. The van der Waals surface area contributed by atoms with Crippen molar-refractivity contribution in [1.29, 1.82) is 0 Å². The third-order valence-electron chi connectivity index (χ3n) is 2.44. The molecule has 0 aliphatic carbocycles. The molecule has 3 heteroatoms. The number of hydrogen-bond acceptors (Lipinski definition) is 2. The number of benzene rings is 1. The van der Waals surface area contributed by atoms with Gasteiger partial charge in [-0.05, 0) is 43.5 Å². The molecule has 0 spiro atoms. The van der Waals surface area contributed by atoms with E-state index in [9.17, 15) is 4.79 Å². The van der Waals surface area contributed by atoms with Crippen LogP contribution in [0.15, 0.2) is 18.2 Å². The molecule has 0 bridgehead atoms. The molecule has 0 aliphatic rings. The van der Waals surface area contributed by atoms with Crippen molar-refractivity contribution >= 4 is 5.91 Å². The zero-order chi connectivity index (χ0) is 11.4. The van der Waals surface area contributed by atoms with Crippen molar-refractivity contribution in [2.24, 2.45) is 5.73 Å². The molecule has 0 saturated carbocycles. The first-order valence-corrected chi connectivity index (χ1v) is 5.07. The van der Waals surface area contributed by atoms with Crippen LogP contribution in [-0.4, -0.2) is 12.0 Å². The predicted molar refractivity (Wildman–Crippen MR) is 59.8 cm³/mol. The lowest BCUT2D eigenvalue weighted by atomic mass is 10.1. The van der Waals surface area contributed by atoms with E-state index in [1.54, 1.807) is 0 Å². The third kappa shape index (κ3) is 2.98. The molecule has 1 amide bonds. The lowest BCUT2D eigenvalue weighted by Gasteiger charge is -2.14. The number of aryl methyl sites for hydroxylation is 2. The summed E-state index contributed by atoms with van der Waals surface area (Å²) in [6, 6.07) is 5.74. The molecular weight excluding hydrogens is 190 g/mol. The van der Waals surface area contributed by atoms with E-state index < -0.39 is 12.0 Å². The SMILES string of the molecule is CC[C@H](Oc1ccc(C)c(C)c1)C(N)=O. The normalized spacial score (nSPS) is 12.2. The smallest absolute Gasteiger partial charge is 0.258 e. The van der Waals surface area contributed by atoms with Gasteiger partial charge in [-0.2, -0.15) is 0 Å². The maximum Gasteiger partial charge on any atom is 0.258 e. The number of ether oxygens (including phenoxy) is 1. The van der Waals surface area contributed by atoms with Gasteiger partial charge in [-0.25, -0.2) is 0 Å². The quantitative estimate of drug-likeness (QED) is 0.820. The standard InChI is InChI=1S/C12H17NO2/c1-4-11(12(13)14)15-10-6-5-8(2)9(3)7-10/h5-7,11H,4H2,1-3H3,(H2,13,14)/t11-/m0/s1. The zero-order valence-electron chi connectivity index (χ0n) is 9.41. The molecule has 0 radical (unpaired) electrons. The van der Waals surface area contributed by atoms with E-state index in [2.05, 4.69) is 0 Å². The number of carbonyl (C=O) groups is 1. The maximum atomic E-state index is 11.0. The Morgan fingerprint density at radius 2 is 2.07 bits per heavy atom. The van der Waals surface area contributed by atoms with Gasteiger partial charge in [0.2, 0.25) is 0 Å². The summed E-state index contributed by atoms with van der Waals surface area (Å²) >= 11 is 0. The molecule has 3 nitrogen and oxygen atoms in total. The summed E-state index contributed by atoms with van der Waals surface area (Å²) in [7, 11) is 0. The fourth-order valence-electron chi connectivity index (χ4n) is 1.29. The van der Waals surface area contributed by atoms with E-state index in [1.165, 1.54) is 5.56 Å². The average Bonchev–Trinajstić information content (AvgIpc) is 2.19. The van der Waals surface area contributed by atoms with Gasteiger partial charge in [0, 0.05) is 0 Å². The summed E-state index contributed by atoms with van der Waals surface area (Å²) in [5.41, 5.74) is 7.55. The van der Waals surface area contributed by atoms with Crippen LogP contribution < -0.4 is 10.5 Å². The van der Waals surface area contributed by atoms with E-state index in [0.717, 1.165) is 5.56 Å². The highest BCUT2D eigenvalue weighted by Gasteiger charge is 2.14. The number of amides is 1. The van der Waals surface area contributed by atoms with Gasteiger partial charge in [0.25, 0.3) is 5.91 Å². The minimum atomic E-state index is -0.535. The third-order valence-corrected chi connectivity index (χ3v) is 2.44. The van der Waals surface area contributed by atoms with Crippen molar-refractivity contribution in [3.8, 4) is 5.75 Å². The van der Waals surface area contributed by atoms with Crippen molar-refractivity contribution in [3.63, 3.8) is 0 Å². The second-order valence-corrected chi connectivity index (χ2v) is 3.66. The van der Waals surface area contributed by atoms with Gasteiger partial charge in [-0.15, -0.1) is 0 Å². The van der Waals surface area contributed by atoms with Gasteiger partial charge in [-0.3, -0.25) is 4.79 Å². The highest BCUT2D eigenvalue weighted by atomic mass is 16.5. The van der Waals surface area contributed by atoms with Crippen LogP contribution >= 0.6 is 0 Å². The van der Waals surface area contributed by atoms with Crippen molar-refractivity contribution in [2.75, 3.05) is 0 Å². The molecule has 2 N–H and O–H groups in total. The zero-order valence-corrected chi connectivity index (χ0v) is 9.41. The first-order valence-electron chi connectivity index (χ1n) is 5.07. The predicted octanol–water partition coefficient (Wildman–Crippen LogP) is 1.95. The van der Waals surface area contributed by atoms with E-state index in [1.807, 2.05) is 39.0 Å². The van der Waals surface area contributed by atoms with Crippen molar-refractivity contribution in [1.82, 2.24) is 0 Å². The first-order chi connectivity index (χ1) is 7.04. The maximum absolute atomic E-state index is 11.0. The van der Waals surface area contributed by atoms with E-state index in [0.29, 0.717) is 12.2 Å². The monoisotopic (exact) mass is 207 g/mol. The summed E-state index contributed by atoms with van der Waals surface area (Å²) in [6.45, 7) is 5.91. The molecule has 0 unspecified atom stereocenters. The van der Waals surface area contributed by atoms with Gasteiger partial charge in [0.15, 0.2) is 6.10 Å². The van der Waals surface area contributed by atoms with Gasteiger partial charge in [0.05, 0.1) is 0 Å². The van der Waals surface area contributed by atoms with Gasteiger partial charge in [0.1, 0.15) is 5.75 Å². The van der Waals surface area contributed by atoms with E-state index in [-0.39, 0.29) is 0 Å². The summed E-state index contributed by atoms with van der Waals surface area (Å²) in [6.07, 6.45) is 0.0505. The molecule has 0 aliphatic heterocycles. The van der Waals surface area contributed by atoms with Crippen LogP contribution in [0, 0.1) is 13.8 Å². The summed E-state index contributed by atoms with van der Waals surface area (Å²) < 4.78 is 5.49. The van der Waals surface area contributed by atoms with E-state index in [4.69, 9.17) is 10.5 Å². The summed E-state index contributed by atoms with van der Waals surface area (Å²) in [4.78, 5) is 11.0. The largest absolute Gasteiger partial charge is 0.481 e. The molecule has 1 aromatic rings. The minimum Gasteiger partial charge on any atom is -0.481 e. The Morgan fingerprint density at radius 3 is 2.53 bits per heavy atom. The number of rotatable bonds is 4. The van der Waals surface area contributed by atoms with Gasteiger partial charge >= 0.3 is 0 Å². The molecule has 1 aromatic carbocycles. The Balaban J connectivity index is 2.80. The minimum absolute atomic E-state index is 0.421. The van der Waals surface area contributed by atoms with Crippen molar-refractivity contribution < 1.29 is 9.53 Å². The Morgan fingerprint density at radius 1 is 1.40 bits per heavy atom. The lowest BCUT2D eigenvalue weighted by Crippen LogP contribution is -2.32. The summed E-state index contributed by atoms with van der Waals surface area (Å²) in [5.74, 6) is 0.277. The van der Waals surface area contributed by atoms with Crippen LogP contribution in [0.1, 0.15) is 24.5 Å². The molecule has 0 saturated heterocycles. The van der Waals surface area contributed by atoms with Gasteiger partial charge < -0.3 is 10.5 Å². The first kappa shape index (κ1) is 11.6. The molecular formula is C12H17NO2. The Labute approximate surface area is 90.2 Å². The fourth-order valence-corrected chi connectivity index (χ4v) is 1.29. The number of carbonyl (C=O) groups excluding carboxylic acids is 1. The Hall–Kier alpha value is -1.51. The number of nitrogens with two attached hydrogens (primary N) is 1. The lowest BCUT2D eigenvalue weighted by molar-refractivity contribution is -0.124. The molecule has 15 heavy (non-hydrogen) atoms. The number of hydrogen-bond donors (Lipinski definition) is 1. The van der Waals surface area contributed by atoms with Crippen LogP contribution in [-0.2, 0) is 4.79 Å². The average molecular weight is 207 g/mol. The highest BCUT2D eigenvalue weighted by molar-refractivity contribution is 5.79. The molecule has 1 atom stereocenters. The Bertz CT molecular complexity index is 361. The fraction of sp³-hybridized carbons (Fsp3) is 0.417. The molecule has 0 heterocycles. The van der Waals surface area contributed by atoms with Crippen molar-refractivity contribution in [2.45, 2.75) is 33.3 Å². The van der Waals surface area contributed by atoms with Crippen LogP contribution in [0.5, 0.6) is 5.75 Å². The summed E-state index contributed by atoms with van der Waals surface area (Å²) in [5, 5.41) is 0. The molecule has 1 rings (SSSR count). The van der Waals surface area contributed by atoms with Gasteiger partial charge in [-0.1, -0.05) is 13.0 Å². The van der Waals surface area contributed by atoms with Crippen LogP contribution in [0.4, 0.5) is 0 Å². The second kappa shape index (κ2) is 4.82. The van der Waals surface area contributed by atoms with Crippen LogP contribution in [0.3, 0.4) is 0 Å². The second-order valence-electron chi connectivity index (χ2n) is 3.66. The van der Waals surface area contributed by atoms with Crippen LogP contribution in [0.2, 0.25) is 0 Å². The topological polar surface area (TPSA) is 52.3 Å².